The molecule has 0 fully saturated rings. The summed E-state index contributed by atoms with van der Waals surface area (Å²) < 4.78 is 18.0. The highest BCUT2D eigenvalue weighted by Crippen LogP contribution is 2.25. The quantitative estimate of drug-likeness (QED) is 0.0906. The molecule has 0 spiro atoms. The van der Waals surface area contributed by atoms with E-state index in [0.717, 1.165) is 19.2 Å². The van der Waals surface area contributed by atoms with Gasteiger partial charge < -0.3 is 13.9 Å². The Kier molecular flexibility index (Phi) is 8.84. The number of rotatable bonds is 8. The van der Waals surface area contributed by atoms with Gasteiger partial charge in [0.15, 0.2) is 6.61 Å². The van der Waals surface area contributed by atoms with Crippen LogP contribution in [0.1, 0.15) is 22.5 Å². The van der Waals surface area contributed by atoms with Crippen molar-refractivity contribution in [1.82, 2.24) is 5.43 Å². The number of hydrazone groups is 1. The van der Waals surface area contributed by atoms with Crippen LogP contribution in [0.3, 0.4) is 0 Å². The molecule has 7 nitrogen and oxygen atoms in total. The third-order valence-electron chi connectivity index (χ3n) is 4.27. The van der Waals surface area contributed by atoms with E-state index < -0.39 is 11.9 Å². The summed E-state index contributed by atoms with van der Waals surface area (Å²) in [5.74, 6) is 0.498. The van der Waals surface area contributed by atoms with E-state index in [1.807, 2.05) is 26.0 Å². The molecule has 9 heteroatoms. The maximum Gasteiger partial charge on any atom is 0.336 e. The number of nitrogens with one attached hydrogen (secondary N) is 1. The lowest BCUT2D eigenvalue weighted by Gasteiger charge is -2.12. The second kappa shape index (κ2) is 11.8. The van der Waals surface area contributed by atoms with Gasteiger partial charge in [-0.15, -0.1) is 0 Å². The summed E-state index contributed by atoms with van der Waals surface area (Å²) in [7, 11) is 0. The number of carbonyl (C=O) groups is 2. The van der Waals surface area contributed by atoms with E-state index in [0.29, 0.717) is 17.1 Å². The van der Waals surface area contributed by atoms with Crippen molar-refractivity contribution >= 4 is 62.7 Å². The number of esters is 1. The van der Waals surface area contributed by atoms with Crippen molar-refractivity contribution in [3.05, 3.63) is 85.3 Å². The van der Waals surface area contributed by atoms with Crippen LogP contribution in [0.15, 0.2) is 68.8 Å². The minimum absolute atomic E-state index is 0.183. The number of carbonyl (C=O) groups excluding carboxylic acids is 2. The fraction of sp³-hybridized carbons (Fsp3) is 0.125. The van der Waals surface area contributed by atoms with Crippen LogP contribution in [-0.4, -0.2) is 24.7 Å². The SMILES string of the molecule is Cc1cc(I)cc(C)c1OCC(=O)NN=Cc1cc(Br)ccc1OC(=O)C=Cc1ccco1. The van der Waals surface area contributed by atoms with Crippen LogP contribution in [0.2, 0.25) is 0 Å². The van der Waals surface area contributed by atoms with Crippen molar-refractivity contribution in [2.24, 2.45) is 5.10 Å². The maximum atomic E-state index is 12.2. The lowest BCUT2D eigenvalue weighted by molar-refractivity contribution is -0.129. The topological polar surface area (TPSA) is 90.1 Å². The zero-order valence-electron chi connectivity index (χ0n) is 17.8. The molecule has 1 amide bonds. The molecule has 33 heavy (non-hydrogen) atoms. The number of hydrogen-bond acceptors (Lipinski definition) is 6. The summed E-state index contributed by atoms with van der Waals surface area (Å²) in [6.45, 7) is 3.68. The van der Waals surface area contributed by atoms with Gasteiger partial charge in [0.05, 0.1) is 12.5 Å². The monoisotopic (exact) mass is 622 g/mol. The standard InChI is InChI=1S/C24H20BrIN2O5/c1-15-10-19(26)11-16(2)24(15)32-14-22(29)28-27-13-17-12-18(25)5-7-21(17)33-23(30)8-6-20-4-3-9-31-20/h3-13H,14H2,1-2H3,(H,28,29). The summed E-state index contributed by atoms with van der Waals surface area (Å²) in [5.41, 5.74) is 4.82. The number of hydrogen-bond donors (Lipinski definition) is 1. The minimum Gasteiger partial charge on any atom is -0.483 e. The van der Waals surface area contributed by atoms with E-state index >= 15 is 0 Å². The number of nitrogens with zero attached hydrogens (tertiary/aromatic N) is 1. The van der Waals surface area contributed by atoms with Gasteiger partial charge in [0.25, 0.3) is 5.91 Å². The molecule has 0 bridgehead atoms. The first kappa shape index (κ1) is 24.7. The second-order valence-corrected chi connectivity index (χ2v) is 9.06. The van der Waals surface area contributed by atoms with E-state index in [1.54, 1.807) is 30.3 Å². The van der Waals surface area contributed by atoms with Crippen molar-refractivity contribution in [3.8, 4) is 11.5 Å². The fourth-order valence-corrected chi connectivity index (χ4v) is 4.17. The van der Waals surface area contributed by atoms with Gasteiger partial charge in [0.1, 0.15) is 17.3 Å². The first-order valence-corrected chi connectivity index (χ1v) is 11.6. The lowest BCUT2D eigenvalue weighted by atomic mass is 10.1. The molecule has 3 aromatic rings. The Balaban J connectivity index is 1.59. The van der Waals surface area contributed by atoms with E-state index in [-0.39, 0.29) is 12.4 Å². The molecule has 3 rings (SSSR count). The van der Waals surface area contributed by atoms with Crippen LogP contribution in [-0.2, 0) is 9.59 Å². The van der Waals surface area contributed by atoms with Gasteiger partial charge in [-0.3, -0.25) is 4.79 Å². The molecular formula is C24H20BrIN2O5. The fourth-order valence-electron chi connectivity index (χ4n) is 2.86. The summed E-state index contributed by atoms with van der Waals surface area (Å²) in [6, 6.07) is 12.5. The van der Waals surface area contributed by atoms with Gasteiger partial charge in [-0.1, -0.05) is 15.9 Å². The first-order valence-electron chi connectivity index (χ1n) is 9.76. The van der Waals surface area contributed by atoms with Gasteiger partial charge >= 0.3 is 5.97 Å². The maximum absolute atomic E-state index is 12.2. The average molecular weight is 623 g/mol. The molecular weight excluding hydrogens is 603 g/mol. The molecule has 0 unspecified atom stereocenters. The van der Waals surface area contributed by atoms with Crippen LogP contribution in [0.4, 0.5) is 0 Å². The third-order valence-corrected chi connectivity index (χ3v) is 5.39. The summed E-state index contributed by atoms with van der Waals surface area (Å²) >= 11 is 5.61. The number of ether oxygens (including phenoxy) is 2. The molecule has 1 heterocycles. The van der Waals surface area contributed by atoms with Crippen LogP contribution in [0.25, 0.3) is 6.08 Å². The van der Waals surface area contributed by atoms with Crippen molar-refractivity contribution in [3.63, 3.8) is 0 Å². The van der Waals surface area contributed by atoms with Gasteiger partial charge in [-0.2, -0.15) is 5.10 Å². The van der Waals surface area contributed by atoms with E-state index in [4.69, 9.17) is 13.9 Å². The van der Waals surface area contributed by atoms with Crippen molar-refractivity contribution in [2.45, 2.75) is 13.8 Å². The van der Waals surface area contributed by atoms with E-state index in [9.17, 15) is 9.59 Å². The molecule has 0 saturated heterocycles. The number of furan rings is 1. The molecule has 0 aliphatic carbocycles. The highest BCUT2D eigenvalue weighted by atomic mass is 127. The Bertz CT molecular complexity index is 1180. The highest BCUT2D eigenvalue weighted by Gasteiger charge is 2.10. The number of amides is 1. The summed E-state index contributed by atoms with van der Waals surface area (Å²) in [4.78, 5) is 24.3. The predicted octanol–water partition coefficient (Wildman–Crippen LogP) is 5.41. The smallest absolute Gasteiger partial charge is 0.336 e. The number of benzene rings is 2. The molecule has 0 radical (unpaired) electrons. The molecule has 0 atom stereocenters. The van der Waals surface area contributed by atoms with Gasteiger partial charge in [-0.25, -0.2) is 10.2 Å². The highest BCUT2D eigenvalue weighted by molar-refractivity contribution is 14.1. The van der Waals surface area contributed by atoms with Crippen LogP contribution < -0.4 is 14.9 Å². The first-order chi connectivity index (χ1) is 15.8. The van der Waals surface area contributed by atoms with Gasteiger partial charge in [0.2, 0.25) is 0 Å². The minimum atomic E-state index is -0.580. The zero-order valence-corrected chi connectivity index (χ0v) is 21.5. The molecule has 170 valence electrons. The van der Waals surface area contributed by atoms with Crippen LogP contribution in [0.5, 0.6) is 11.5 Å². The van der Waals surface area contributed by atoms with E-state index in [1.165, 1.54) is 24.6 Å². The largest absolute Gasteiger partial charge is 0.483 e. The van der Waals surface area contributed by atoms with Crippen molar-refractivity contribution < 1.29 is 23.5 Å². The van der Waals surface area contributed by atoms with Crippen LogP contribution in [0, 0.1) is 17.4 Å². The predicted molar refractivity (Wildman–Crippen MR) is 137 cm³/mol. The van der Waals surface area contributed by atoms with Gasteiger partial charge in [-0.05, 0) is 96.1 Å². The Hall–Kier alpha value is -2.92. The number of aryl methyl sites for hydroxylation is 2. The molecule has 0 aliphatic heterocycles. The molecule has 1 aromatic heterocycles. The Labute approximate surface area is 213 Å². The average Bonchev–Trinajstić information content (AvgIpc) is 3.27. The summed E-state index contributed by atoms with van der Waals surface area (Å²) in [5, 5.41) is 3.96. The second-order valence-electron chi connectivity index (χ2n) is 6.90. The number of halogens is 2. The summed E-state index contributed by atoms with van der Waals surface area (Å²) in [6.07, 6.45) is 5.67. The normalized spacial score (nSPS) is 11.2. The molecule has 1 N–H and O–H groups in total. The molecule has 0 aliphatic rings. The zero-order chi connectivity index (χ0) is 23.8. The van der Waals surface area contributed by atoms with Crippen LogP contribution >= 0.6 is 38.5 Å². The van der Waals surface area contributed by atoms with Gasteiger partial charge in [0, 0.05) is 19.7 Å². The Morgan fingerprint density at radius 1 is 1.18 bits per heavy atom. The Morgan fingerprint density at radius 3 is 2.64 bits per heavy atom. The van der Waals surface area contributed by atoms with Crippen molar-refractivity contribution in [2.75, 3.05) is 6.61 Å². The molecule has 2 aromatic carbocycles. The Morgan fingerprint density at radius 2 is 1.94 bits per heavy atom. The van der Waals surface area contributed by atoms with Crippen molar-refractivity contribution in [1.29, 1.82) is 0 Å². The molecule has 0 saturated carbocycles. The third kappa shape index (κ3) is 7.57. The van der Waals surface area contributed by atoms with E-state index in [2.05, 4.69) is 49.0 Å². The lowest BCUT2D eigenvalue weighted by Crippen LogP contribution is -2.25.